The van der Waals surface area contributed by atoms with Crippen LogP contribution >= 0.6 is 0 Å². The maximum Gasteiger partial charge on any atom is 0.251 e. The monoisotopic (exact) mass is 435 g/mol. The molecule has 2 aromatic rings. The second-order valence-electron chi connectivity index (χ2n) is 8.27. The van der Waals surface area contributed by atoms with Crippen LogP contribution in [0.25, 0.3) is 0 Å². The van der Waals surface area contributed by atoms with Crippen molar-refractivity contribution in [2.45, 2.75) is 38.1 Å². The van der Waals surface area contributed by atoms with Crippen molar-refractivity contribution >= 4 is 23.4 Å². The number of carbonyl (C=O) groups excluding carboxylic acids is 3. The number of hydrogen-bond acceptors (Lipinski definition) is 5. The van der Waals surface area contributed by atoms with Crippen molar-refractivity contribution in [3.05, 3.63) is 59.7 Å². The number of rotatable bonds is 7. The lowest BCUT2D eigenvalue weighted by Gasteiger charge is -2.35. The van der Waals surface area contributed by atoms with Crippen molar-refractivity contribution in [2.75, 3.05) is 31.6 Å². The van der Waals surface area contributed by atoms with Gasteiger partial charge in [0.2, 0.25) is 11.8 Å². The zero-order chi connectivity index (χ0) is 22.5. The first-order valence-electron chi connectivity index (χ1n) is 11.2. The van der Waals surface area contributed by atoms with Gasteiger partial charge in [-0.2, -0.15) is 0 Å². The van der Waals surface area contributed by atoms with E-state index in [0.717, 1.165) is 37.2 Å². The Morgan fingerprint density at radius 2 is 1.69 bits per heavy atom. The quantitative estimate of drug-likeness (QED) is 0.675. The maximum atomic E-state index is 13.0. The summed E-state index contributed by atoms with van der Waals surface area (Å²) < 4.78 is 5.28. The highest BCUT2D eigenvalue weighted by Crippen LogP contribution is 2.27. The van der Waals surface area contributed by atoms with Gasteiger partial charge in [0.05, 0.1) is 18.8 Å². The van der Waals surface area contributed by atoms with Crippen molar-refractivity contribution in [1.29, 1.82) is 0 Å². The fraction of sp³-hybridized carbons (Fsp3) is 0.400. The number of carbonyl (C=O) groups is 3. The highest BCUT2D eigenvalue weighted by atomic mass is 16.5. The van der Waals surface area contributed by atoms with Crippen LogP contribution in [-0.2, 0) is 9.59 Å². The highest BCUT2D eigenvalue weighted by molar-refractivity contribution is 6.20. The molecule has 168 valence electrons. The molecule has 32 heavy (non-hydrogen) atoms. The summed E-state index contributed by atoms with van der Waals surface area (Å²) in [6.45, 7) is 2.47. The third-order valence-corrected chi connectivity index (χ3v) is 6.21. The average Bonchev–Trinajstić information content (AvgIpc) is 3.18. The predicted octanol–water partition coefficient (Wildman–Crippen LogP) is 3.31. The Hall–Kier alpha value is -3.19. The van der Waals surface area contributed by atoms with Gasteiger partial charge in [-0.05, 0) is 61.8 Å². The third-order valence-electron chi connectivity index (χ3n) is 6.21. The number of hydrogen-bond donors (Lipinski definition) is 1. The molecule has 0 radical (unpaired) electrons. The number of nitrogens with one attached hydrogen (secondary N) is 1. The summed E-state index contributed by atoms with van der Waals surface area (Å²) in [6, 6.07) is 14.8. The molecule has 0 aromatic heterocycles. The van der Waals surface area contributed by atoms with Gasteiger partial charge in [0.25, 0.3) is 5.91 Å². The molecule has 1 N–H and O–H groups in total. The van der Waals surface area contributed by atoms with E-state index < -0.39 is 0 Å². The molecule has 0 saturated carbocycles. The van der Waals surface area contributed by atoms with Crippen LogP contribution in [0.5, 0.6) is 5.75 Å². The van der Waals surface area contributed by atoms with Crippen molar-refractivity contribution in [2.24, 2.45) is 0 Å². The second kappa shape index (κ2) is 9.96. The van der Waals surface area contributed by atoms with Crippen LogP contribution < -0.4 is 15.0 Å². The Morgan fingerprint density at radius 3 is 2.34 bits per heavy atom. The van der Waals surface area contributed by atoms with E-state index in [2.05, 4.69) is 22.3 Å². The minimum absolute atomic E-state index is 0.0649. The first kappa shape index (κ1) is 22.0. The zero-order valence-electron chi connectivity index (χ0n) is 18.4. The van der Waals surface area contributed by atoms with E-state index in [1.54, 1.807) is 31.4 Å². The van der Waals surface area contributed by atoms with Gasteiger partial charge < -0.3 is 10.1 Å². The smallest absolute Gasteiger partial charge is 0.251 e. The molecule has 2 aliphatic heterocycles. The topological polar surface area (TPSA) is 79.0 Å². The Labute approximate surface area is 188 Å². The maximum absolute atomic E-state index is 13.0. The van der Waals surface area contributed by atoms with E-state index in [4.69, 9.17) is 4.74 Å². The van der Waals surface area contributed by atoms with Gasteiger partial charge >= 0.3 is 0 Å². The molecular weight excluding hydrogens is 406 g/mol. The number of amides is 3. The summed E-state index contributed by atoms with van der Waals surface area (Å²) in [4.78, 5) is 40.6. The Bertz CT molecular complexity index is 967. The van der Waals surface area contributed by atoms with Crippen molar-refractivity contribution in [3.8, 4) is 5.75 Å². The lowest BCUT2D eigenvalue weighted by Crippen LogP contribution is -2.40. The zero-order valence-corrected chi connectivity index (χ0v) is 18.4. The first-order chi connectivity index (χ1) is 15.6. The van der Waals surface area contributed by atoms with Gasteiger partial charge in [-0.3, -0.25) is 24.2 Å². The molecule has 1 atom stereocenters. The second-order valence-corrected chi connectivity index (χ2v) is 8.27. The average molecular weight is 436 g/mol. The fourth-order valence-corrected chi connectivity index (χ4v) is 4.46. The van der Waals surface area contributed by atoms with E-state index in [0.29, 0.717) is 17.8 Å². The minimum Gasteiger partial charge on any atom is -0.497 e. The van der Waals surface area contributed by atoms with Crippen LogP contribution in [0.1, 0.15) is 54.1 Å². The Balaban J connectivity index is 1.49. The van der Waals surface area contributed by atoms with E-state index in [9.17, 15) is 14.4 Å². The molecule has 3 amide bonds. The Morgan fingerprint density at radius 1 is 1.00 bits per heavy atom. The van der Waals surface area contributed by atoms with Gasteiger partial charge in [-0.1, -0.05) is 24.6 Å². The SMILES string of the molecule is COc1ccc(C(CNC(=O)c2cccc(N3C(=O)CCC3=O)c2)N2CCCCC2)cc1. The summed E-state index contributed by atoms with van der Waals surface area (Å²) >= 11 is 0. The molecule has 2 aromatic carbocycles. The summed E-state index contributed by atoms with van der Waals surface area (Å²) in [7, 11) is 1.65. The fourth-order valence-electron chi connectivity index (χ4n) is 4.46. The van der Waals surface area contributed by atoms with Crippen molar-refractivity contribution < 1.29 is 19.1 Å². The van der Waals surface area contributed by atoms with Crippen LogP contribution in [0.3, 0.4) is 0 Å². The van der Waals surface area contributed by atoms with E-state index in [1.165, 1.54) is 11.3 Å². The highest BCUT2D eigenvalue weighted by Gasteiger charge is 2.30. The van der Waals surface area contributed by atoms with Gasteiger partial charge in [-0.15, -0.1) is 0 Å². The number of piperidine rings is 1. The largest absolute Gasteiger partial charge is 0.497 e. The molecule has 2 aliphatic rings. The molecule has 0 aliphatic carbocycles. The van der Waals surface area contributed by atoms with Crippen LogP contribution in [-0.4, -0.2) is 49.4 Å². The predicted molar refractivity (Wildman–Crippen MR) is 122 cm³/mol. The summed E-state index contributed by atoms with van der Waals surface area (Å²) in [5.74, 6) is 0.133. The van der Waals surface area contributed by atoms with E-state index in [1.807, 2.05) is 12.1 Å². The van der Waals surface area contributed by atoms with Gasteiger partial charge in [-0.25, -0.2) is 0 Å². The first-order valence-corrected chi connectivity index (χ1v) is 11.2. The van der Waals surface area contributed by atoms with E-state index >= 15 is 0 Å². The molecule has 7 nitrogen and oxygen atoms in total. The molecule has 2 fully saturated rings. The summed E-state index contributed by atoms with van der Waals surface area (Å²) in [5.41, 5.74) is 2.02. The normalized spacial score (nSPS) is 18.0. The number of imide groups is 1. The molecule has 0 bridgehead atoms. The number of nitrogens with zero attached hydrogens (tertiary/aromatic N) is 2. The van der Waals surface area contributed by atoms with Gasteiger partial charge in [0.1, 0.15) is 5.75 Å². The van der Waals surface area contributed by atoms with Crippen LogP contribution in [0.2, 0.25) is 0 Å². The number of likely N-dealkylation sites (tertiary alicyclic amines) is 1. The summed E-state index contributed by atoms with van der Waals surface area (Å²) in [5, 5.41) is 3.06. The number of benzene rings is 2. The minimum atomic E-state index is -0.225. The Kier molecular flexibility index (Phi) is 6.85. The third kappa shape index (κ3) is 4.83. The molecular formula is C25H29N3O4. The standard InChI is InChI=1S/C25H29N3O4/c1-32-21-10-8-18(9-11-21)22(27-14-3-2-4-15-27)17-26-25(31)19-6-5-7-20(16-19)28-23(29)12-13-24(28)30/h5-11,16,22H,2-4,12-15,17H2,1H3,(H,26,31). The molecule has 7 heteroatoms. The molecule has 2 heterocycles. The molecule has 1 unspecified atom stereocenters. The van der Waals surface area contributed by atoms with Gasteiger partial charge in [0.15, 0.2) is 0 Å². The van der Waals surface area contributed by atoms with Gasteiger partial charge in [0, 0.05) is 24.9 Å². The number of methoxy groups -OCH3 is 1. The lowest BCUT2D eigenvalue weighted by atomic mass is 10.0. The van der Waals surface area contributed by atoms with Crippen LogP contribution in [0.4, 0.5) is 5.69 Å². The molecule has 2 saturated heterocycles. The van der Waals surface area contributed by atoms with E-state index in [-0.39, 0.29) is 36.6 Å². The molecule has 4 rings (SSSR count). The van der Waals surface area contributed by atoms with Crippen molar-refractivity contribution in [1.82, 2.24) is 10.2 Å². The van der Waals surface area contributed by atoms with Crippen LogP contribution in [0, 0.1) is 0 Å². The number of ether oxygens (including phenoxy) is 1. The molecule has 0 spiro atoms. The lowest BCUT2D eigenvalue weighted by molar-refractivity contribution is -0.121. The summed E-state index contributed by atoms with van der Waals surface area (Å²) in [6.07, 6.45) is 3.98. The van der Waals surface area contributed by atoms with Crippen LogP contribution in [0.15, 0.2) is 48.5 Å². The number of anilines is 1. The van der Waals surface area contributed by atoms with Crippen molar-refractivity contribution in [3.63, 3.8) is 0 Å².